The fourth-order valence-corrected chi connectivity index (χ4v) is 3.47. The number of alkyl halides is 3. The van der Waals surface area contributed by atoms with Gasteiger partial charge in [-0.25, -0.2) is 9.97 Å². The molecule has 0 unspecified atom stereocenters. The molecule has 3 rings (SSSR count). The first-order valence-corrected chi connectivity index (χ1v) is 11.0. The van der Waals surface area contributed by atoms with Crippen molar-refractivity contribution in [3.63, 3.8) is 0 Å². The number of carbonyl (C=O) groups is 2. The lowest BCUT2D eigenvalue weighted by Gasteiger charge is -2.07. The first-order valence-electron chi connectivity index (χ1n) is 8.30. The summed E-state index contributed by atoms with van der Waals surface area (Å²) >= 11 is 22.6. The zero-order chi connectivity index (χ0) is 22.5. The highest BCUT2D eigenvalue weighted by Gasteiger charge is 2.34. The smallest absolute Gasteiger partial charge is 0.287 e. The van der Waals surface area contributed by atoms with Crippen LogP contribution in [0.4, 0.5) is 0 Å². The molecule has 160 valence electrons. The molecule has 1 aromatic carbocycles. The van der Waals surface area contributed by atoms with Crippen LogP contribution < -0.4 is 5.32 Å². The third-order valence-electron chi connectivity index (χ3n) is 3.65. The Morgan fingerprint density at radius 1 is 0.967 bits per heavy atom. The van der Waals surface area contributed by atoms with Gasteiger partial charge >= 0.3 is 0 Å². The highest BCUT2D eigenvalue weighted by molar-refractivity contribution is 9.10. The van der Waals surface area contributed by atoms with E-state index in [1.165, 1.54) is 4.57 Å². The maximum atomic E-state index is 11.8. The maximum absolute atomic E-state index is 11.8. The summed E-state index contributed by atoms with van der Waals surface area (Å²) in [7, 11) is 3.43. The Labute approximate surface area is 205 Å². The van der Waals surface area contributed by atoms with Crippen LogP contribution >= 0.6 is 66.7 Å². The molecule has 0 fully saturated rings. The Morgan fingerprint density at radius 3 is 1.90 bits per heavy atom. The molecule has 0 aliphatic carbocycles. The normalized spacial score (nSPS) is 10.9. The summed E-state index contributed by atoms with van der Waals surface area (Å²) in [6.45, 7) is 0.504. The molecule has 30 heavy (non-hydrogen) atoms. The molecule has 2 aromatic heterocycles. The number of nitrogens with zero attached hydrogens (tertiary/aromatic N) is 4. The van der Waals surface area contributed by atoms with Crippen LogP contribution in [0.25, 0.3) is 0 Å². The van der Waals surface area contributed by atoms with E-state index in [0.29, 0.717) is 21.6 Å². The van der Waals surface area contributed by atoms with Crippen molar-refractivity contribution in [2.45, 2.75) is 10.3 Å². The van der Waals surface area contributed by atoms with Crippen molar-refractivity contribution >= 4 is 78.4 Å². The number of hydrogen-bond donors (Lipinski definition) is 1. The average molecular weight is 601 g/mol. The summed E-state index contributed by atoms with van der Waals surface area (Å²) in [5.41, 5.74) is 1.06. The monoisotopic (exact) mass is 597 g/mol. The van der Waals surface area contributed by atoms with Gasteiger partial charge in [0.15, 0.2) is 11.6 Å². The maximum Gasteiger partial charge on any atom is 0.287 e. The number of rotatable bonds is 4. The second-order valence-electron chi connectivity index (χ2n) is 5.99. The lowest BCUT2D eigenvalue weighted by atomic mass is 10.2. The van der Waals surface area contributed by atoms with E-state index >= 15 is 0 Å². The third-order valence-corrected chi connectivity index (χ3v) is 4.93. The molecule has 7 nitrogen and oxygen atoms in total. The van der Waals surface area contributed by atoms with E-state index in [4.69, 9.17) is 34.8 Å². The van der Waals surface area contributed by atoms with Crippen molar-refractivity contribution < 1.29 is 9.59 Å². The Hall–Kier alpha value is -1.39. The molecule has 0 bridgehead atoms. The highest BCUT2D eigenvalue weighted by Crippen LogP contribution is 2.30. The fraction of sp³-hybridized carbons (Fsp3) is 0.222. The lowest BCUT2D eigenvalue weighted by Crippen LogP contribution is -2.25. The standard InChI is InChI=1S/C12H12BrN3O.C6H4BrCl3N2O/c1-16-8-10(13)15-11(16)12(17)14-7-9-5-3-2-4-6-9;1-12-2-3(7)11-5(12)4(13)6(8,9)10/h2-6,8H,7H2,1H3,(H,14,17);2H,1H3. The molecule has 0 saturated carbocycles. The Balaban J connectivity index is 0.000000222. The van der Waals surface area contributed by atoms with Gasteiger partial charge in [0.2, 0.25) is 5.78 Å². The van der Waals surface area contributed by atoms with Crippen molar-refractivity contribution in [2.75, 3.05) is 0 Å². The second-order valence-corrected chi connectivity index (χ2v) is 9.90. The van der Waals surface area contributed by atoms with Gasteiger partial charge in [-0.05, 0) is 37.4 Å². The van der Waals surface area contributed by atoms with Crippen molar-refractivity contribution in [1.82, 2.24) is 24.4 Å². The summed E-state index contributed by atoms with van der Waals surface area (Å²) in [6.07, 6.45) is 3.35. The van der Waals surface area contributed by atoms with Gasteiger partial charge in [0.05, 0.1) is 0 Å². The fourth-order valence-electron chi connectivity index (χ4n) is 2.27. The van der Waals surface area contributed by atoms with Crippen molar-refractivity contribution in [3.8, 4) is 0 Å². The summed E-state index contributed by atoms with van der Waals surface area (Å²) in [5, 5.41) is 2.83. The SMILES string of the molecule is Cn1cc(Br)nc1C(=O)C(Cl)(Cl)Cl.Cn1cc(Br)nc1C(=O)NCc1ccccc1. The number of hydrogen-bond acceptors (Lipinski definition) is 4. The van der Waals surface area contributed by atoms with Gasteiger partial charge < -0.3 is 14.5 Å². The van der Waals surface area contributed by atoms with Gasteiger partial charge in [0.1, 0.15) is 9.21 Å². The summed E-state index contributed by atoms with van der Waals surface area (Å²) in [5.74, 6) is -0.326. The van der Waals surface area contributed by atoms with Crippen molar-refractivity contribution in [2.24, 2.45) is 14.1 Å². The van der Waals surface area contributed by atoms with E-state index in [1.54, 1.807) is 31.1 Å². The molecular formula is C18H16Br2Cl3N5O2. The van der Waals surface area contributed by atoms with E-state index in [1.807, 2.05) is 30.3 Å². The quantitative estimate of drug-likeness (QED) is 0.343. The molecule has 0 aliphatic heterocycles. The first kappa shape index (κ1) is 24.9. The topological polar surface area (TPSA) is 81.8 Å². The molecule has 0 spiro atoms. The van der Waals surface area contributed by atoms with Gasteiger partial charge in [-0.1, -0.05) is 65.1 Å². The molecule has 0 radical (unpaired) electrons. The molecule has 2 heterocycles. The number of aryl methyl sites for hydroxylation is 2. The van der Waals surface area contributed by atoms with E-state index < -0.39 is 9.58 Å². The van der Waals surface area contributed by atoms with Gasteiger partial charge in [-0.15, -0.1) is 0 Å². The van der Waals surface area contributed by atoms with Crippen molar-refractivity contribution in [1.29, 1.82) is 0 Å². The predicted octanol–water partition coefficient (Wildman–Crippen LogP) is 4.85. The Bertz CT molecular complexity index is 1030. The van der Waals surface area contributed by atoms with E-state index in [-0.39, 0.29) is 11.7 Å². The molecule has 0 saturated heterocycles. The number of halogens is 5. The summed E-state index contributed by atoms with van der Waals surface area (Å²) in [4.78, 5) is 31.2. The minimum Gasteiger partial charge on any atom is -0.345 e. The first-order chi connectivity index (χ1) is 14.0. The third kappa shape index (κ3) is 7.09. The zero-order valence-electron chi connectivity index (χ0n) is 15.7. The van der Waals surface area contributed by atoms with Gasteiger partial charge in [-0.3, -0.25) is 9.59 Å². The van der Waals surface area contributed by atoms with Crippen LogP contribution in [0, 0.1) is 0 Å². The van der Waals surface area contributed by atoms with Crippen LogP contribution in [0.1, 0.15) is 26.8 Å². The van der Waals surface area contributed by atoms with Gasteiger partial charge in [-0.2, -0.15) is 0 Å². The summed E-state index contributed by atoms with van der Waals surface area (Å²) in [6, 6.07) is 9.77. The Morgan fingerprint density at radius 2 is 1.47 bits per heavy atom. The van der Waals surface area contributed by atoms with Crippen LogP contribution in [-0.4, -0.2) is 34.6 Å². The minimum atomic E-state index is -1.96. The van der Waals surface area contributed by atoms with Crippen LogP contribution in [0.2, 0.25) is 0 Å². The average Bonchev–Trinajstić information content (AvgIpc) is 3.19. The molecule has 0 atom stereocenters. The number of amides is 1. The molecule has 1 amide bonds. The molecular weight excluding hydrogens is 584 g/mol. The highest BCUT2D eigenvalue weighted by atomic mass is 79.9. The van der Waals surface area contributed by atoms with Crippen LogP contribution in [0.15, 0.2) is 51.9 Å². The number of aromatic nitrogens is 4. The van der Waals surface area contributed by atoms with E-state index in [2.05, 4.69) is 47.1 Å². The number of ketones is 1. The number of imidazole rings is 2. The van der Waals surface area contributed by atoms with Crippen molar-refractivity contribution in [3.05, 3.63) is 69.1 Å². The van der Waals surface area contributed by atoms with E-state index in [9.17, 15) is 9.59 Å². The van der Waals surface area contributed by atoms with Crippen LogP contribution in [0.3, 0.4) is 0 Å². The number of Topliss-reactive ketones (excluding diaryl/α,β-unsaturated/α-hetero) is 1. The molecule has 0 aliphatic rings. The van der Waals surface area contributed by atoms with Crippen LogP contribution in [-0.2, 0) is 20.6 Å². The molecule has 1 N–H and O–H groups in total. The second kappa shape index (κ2) is 10.8. The van der Waals surface area contributed by atoms with Crippen LogP contribution in [0.5, 0.6) is 0 Å². The Kier molecular flexibility index (Phi) is 8.93. The van der Waals surface area contributed by atoms with E-state index in [0.717, 1.165) is 5.56 Å². The predicted molar refractivity (Wildman–Crippen MR) is 124 cm³/mol. The zero-order valence-corrected chi connectivity index (χ0v) is 21.2. The van der Waals surface area contributed by atoms with Gasteiger partial charge in [0, 0.05) is 33.0 Å². The number of benzene rings is 1. The number of nitrogens with one attached hydrogen (secondary N) is 1. The number of carbonyl (C=O) groups excluding carboxylic acids is 2. The summed E-state index contributed by atoms with van der Waals surface area (Å²) < 4.78 is 2.38. The largest absolute Gasteiger partial charge is 0.345 e. The molecule has 3 aromatic rings. The lowest BCUT2D eigenvalue weighted by molar-refractivity contribution is 0.0936. The molecule has 12 heteroatoms. The van der Waals surface area contributed by atoms with Gasteiger partial charge in [0.25, 0.3) is 9.70 Å². The minimum absolute atomic E-state index is 0.104.